The molecule has 6 nitrogen and oxygen atoms in total. The Morgan fingerprint density at radius 1 is 1.27 bits per heavy atom. The summed E-state index contributed by atoms with van der Waals surface area (Å²) in [5.74, 6) is -0.0702. The van der Waals surface area contributed by atoms with Gasteiger partial charge in [-0.1, -0.05) is 12.1 Å². The molecule has 0 unspecified atom stereocenters. The molecule has 0 saturated heterocycles. The van der Waals surface area contributed by atoms with E-state index in [0.717, 1.165) is 24.3 Å². The fourth-order valence-corrected chi connectivity index (χ4v) is 4.31. The highest BCUT2D eigenvalue weighted by atomic mass is 32.1. The lowest BCUT2D eigenvalue weighted by atomic mass is 10.0. The second-order valence-electron chi connectivity index (χ2n) is 6.37. The van der Waals surface area contributed by atoms with Gasteiger partial charge in [-0.2, -0.15) is 5.10 Å². The van der Waals surface area contributed by atoms with Crippen molar-refractivity contribution in [2.75, 3.05) is 6.54 Å². The Hall–Kier alpha value is -2.67. The smallest absolute Gasteiger partial charge is 0.269 e. The largest absolute Gasteiger partial charge is 0.507 e. The Kier molecular flexibility index (Phi) is 4.71. The van der Waals surface area contributed by atoms with Crippen LogP contribution in [0.3, 0.4) is 0 Å². The molecule has 0 atom stereocenters. The molecule has 1 aliphatic carbocycles. The maximum Gasteiger partial charge on any atom is 0.269 e. The van der Waals surface area contributed by atoms with Crippen LogP contribution in [0.4, 0.5) is 0 Å². The van der Waals surface area contributed by atoms with Crippen LogP contribution in [-0.2, 0) is 19.3 Å². The van der Waals surface area contributed by atoms with Gasteiger partial charge in [-0.05, 0) is 43.9 Å². The molecule has 2 heterocycles. The summed E-state index contributed by atoms with van der Waals surface area (Å²) in [6, 6.07) is 8.56. The highest BCUT2D eigenvalue weighted by Gasteiger charge is 2.16. The molecule has 134 valence electrons. The van der Waals surface area contributed by atoms with Crippen molar-refractivity contribution in [2.45, 2.75) is 32.1 Å². The Morgan fingerprint density at radius 2 is 2.12 bits per heavy atom. The number of nitrogens with one attached hydrogen (secondary N) is 2. The first-order valence-corrected chi connectivity index (χ1v) is 9.62. The molecule has 0 spiro atoms. The van der Waals surface area contributed by atoms with Gasteiger partial charge in [0.1, 0.15) is 11.4 Å². The van der Waals surface area contributed by atoms with E-state index in [1.165, 1.54) is 23.4 Å². The average molecular weight is 368 g/mol. The number of aromatic hydroxyl groups is 1. The van der Waals surface area contributed by atoms with Gasteiger partial charge in [0.25, 0.3) is 5.91 Å². The number of fused-ring (bicyclic) bond motifs is 1. The summed E-state index contributed by atoms with van der Waals surface area (Å²) < 4.78 is 0. The standard InChI is InChI=1S/C19H20N4O2S/c24-16-7-3-1-5-12(16)14-11-15(23-22-14)19(25)20-10-9-18-21-13-6-2-4-8-17(13)26-18/h1,3,5,7,11,24H,2,4,6,8-10H2,(H,20,25)(H,22,23). The SMILES string of the molecule is O=C(NCCc1nc2c(s1)CCCC2)c1cc(-c2ccccc2O)n[nH]1. The zero-order valence-electron chi connectivity index (χ0n) is 14.3. The Morgan fingerprint density at radius 3 is 2.96 bits per heavy atom. The molecule has 0 aliphatic heterocycles. The van der Waals surface area contributed by atoms with Gasteiger partial charge in [0, 0.05) is 23.4 Å². The van der Waals surface area contributed by atoms with Crippen molar-refractivity contribution in [2.24, 2.45) is 0 Å². The summed E-state index contributed by atoms with van der Waals surface area (Å²) >= 11 is 1.78. The zero-order chi connectivity index (χ0) is 17.9. The topological polar surface area (TPSA) is 90.9 Å². The first kappa shape index (κ1) is 16.8. The van der Waals surface area contributed by atoms with E-state index in [4.69, 9.17) is 4.98 Å². The van der Waals surface area contributed by atoms with Gasteiger partial charge in [-0.25, -0.2) is 4.98 Å². The summed E-state index contributed by atoms with van der Waals surface area (Å²) in [6.45, 7) is 0.538. The molecule has 0 radical (unpaired) electrons. The number of phenols is 1. The first-order valence-electron chi connectivity index (χ1n) is 8.80. The molecule has 1 aromatic carbocycles. The third-order valence-electron chi connectivity index (χ3n) is 4.52. The number of H-pyrrole nitrogens is 1. The predicted molar refractivity (Wildman–Crippen MR) is 100 cm³/mol. The van der Waals surface area contributed by atoms with Crippen LogP contribution in [0, 0.1) is 0 Å². The van der Waals surface area contributed by atoms with Crippen LogP contribution in [0.15, 0.2) is 30.3 Å². The number of carbonyl (C=O) groups excluding carboxylic acids is 1. The first-order chi connectivity index (χ1) is 12.7. The fourth-order valence-electron chi connectivity index (χ4n) is 3.16. The van der Waals surface area contributed by atoms with Crippen molar-refractivity contribution in [3.05, 3.63) is 51.6 Å². The number of para-hydroxylation sites is 1. The van der Waals surface area contributed by atoms with Gasteiger partial charge in [0.2, 0.25) is 0 Å². The lowest BCUT2D eigenvalue weighted by Gasteiger charge is -2.06. The number of hydrogen-bond acceptors (Lipinski definition) is 5. The van der Waals surface area contributed by atoms with E-state index in [2.05, 4.69) is 15.5 Å². The quantitative estimate of drug-likeness (QED) is 0.645. The van der Waals surface area contributed by atoms with Gasteiger partial charge in [-0.15, -0.1) is 11.3 Å². The van der Waals surface area contributed by atoms with E-state index in [-0.39, 0.29) is 11.7 Å². The van der Waals surface area contributed by atoms with Crippen LogP contribution in [0.1, 0.15) is 38.9 Å². The summed E-state index contributed by atoms with van der Waals surface area (Å²) in [4.78, 5) is 18.4. The van der Waals surface area contributed by atoms with E-state index in [0.29, 0.717) is 23.5 Å². The van der Waals surface area contributed by atoms with Crippen molar-refractivity contribution < 1.29 is 9.90 Å². The molecule has 7 heteroatoms. The number of aryl methyl sites for hydroxylation is 2. The minimum Gasteiger partial charge on any atom is -0.507 e. The maximum atomic E-state index is 12.3. The van der Waals surface area contributed by atoms with Crippen molar-refractivity contribution >= 4 is 17.2 Å². The summed E-state index contributed by atoms with van der Waals surface area (Å²) in [7, 11) is 0. The van der Waals surface area contributed by atoms with Gasteiger partial charge in [0.15, 0.2) is 0 Å². The number of hydrogen-bond donors (Lipinski definition) is 3. The highest BCUT2D eigenvalue weighted by molar-refractivity contribution is 7.11. The van der Waals surface area contributed by atoms with Crippen molar-refractivity contribution in [1.29, 1.82) is 0 Å². The Balaban J connectivity index is 1.35. The van der Waals surface area contributed by atoms with Gasteiger partial charge in [-0.3, -0.25) is 9.89 Å². The normalized spacial score (nSPS) is 13.4. The second kappa shape index (κ2) is 7.29. The molecule has 0 saturated carbocycles. The number of nitrogens with zero attached hydrogens (tertiary/aromatic N) is 2. The zero-order valence-corrected chi connectivity index (χ0v) is 15.1. The van der Waals surface area contributed by atoms with Gasteiger partial charge < -0.3 is 10.4 Å². The number of aromatic nitrogens is 3. The molecular formula is C19H20N4O2S. The molecular weight excluding hydrogens is 348 g/mol. The summed E-state index contributed by atoms with van der Waals surface area (Å²) in [5, 5.41) is 20.7. The van der Waals surface area contributed by atoms with Crippen LogP contribution in [0.25, 0.3) is 11.3 Å². The highest BCUT2D eigenvalue weighted by Crippen LogP contribution is 2.28. The van der Waals surface area contributed by atoms with E-state index < -0.39 is 0 Å². The van der Waals surface area contributed by atoms with E-state index in [9.17, 15) is 9.90 Å². The molecule has 0 fully saturated rings. The van der Waals surface area contributed by atoms with Crippen molar-refractivity contribution in [3.8, 4) is 17.0 Å². The molecule has 1 aliphatic rings. The number of rotatable bonds is 5. The van der Waals surface area contributed by atoms with Crippen molar-refractivity contribution in [1.82, 2.24) is 20.5 Å². The minimum atomic E-state index is -0.208. The average Bonchev–Trinajstić information content (AvgIpc) is 3.28. The fraction of sp³-hybridized carbons (Fsp3) is 0.316. The molecule has 3 aromatic rings. The number of aromatic amines is 1. The van der Waals surface area contributed by atoms with Crippen LogP contribution < -0.4 is 5.32 Å². The monoisotopic (exact) mass is 368 g/mol. The number of carbonyl (C=O) groups is 1. The van der Waals surface area contributed by atoms with E-state index in [1.807, 2.05) is 6.07 Å². The number of benzene rings is 1. The van der Waals surface area contributed by atoms with Gasteiger partial charge in [0.05, 0.1) is 16.4 Å². The van der Waals surface area contributed by atoms with Crippen LogP contribution in [0.2, 0.25) is 0 Å². The minimum absolute atomic E-state index is 0.138. The summed E-state index contributed by atoms with van der Waals surface area (Å²) in [5.41, 5.74) is 2.77. The Labute approximate surface area is 155 Å². The number of phenolic OH excluding ortho intramolecular Hbond substituents is 1. The van der Waals surface area contributed by atoms with Crippen LogP contribution in [0.5, 0.6) is 5.75 Å². The van der Waals surface area contributed by atoms with Gasteiger partial charge >= 0.3 is 0 Å². The van der Waals surface area contributed by atoms with E-state index >= 15 is 0 Å². The van der Waals surface area contributed by atoms with E-state index in [1.54, 1.807) is 35.6 Å². The molecule has 2 aromatic heterocycles. The third kappa shape index (κ3) is 3.48. The Bertz CT molecular complexity index is 908. The third-order valence-corrected chi connectivity index (χ3v) is 5.73. The lowest BCUT2D eigenvalue weighted by molar-refractivity contribution is 0.0949. The molecule has 1 amide bonds. The number of thiazole rings is 1. The number of amides is 1. The second-order valence-corrected chi connectivity index (χ2v) is 7.54. The molecule has 4 rings (SSSR count). The maximum absolute atomic E-state index is 12.3. The van der Waals surface area contributed by atoms with Crippen LogP contribution in [-0.4, -0.2) is 32.7 Å². The molecule has 0 bridgehead atoms. The lowest BCUT2D eigenvalue weighted by Crippen LogP contribution is -2.26. The molecule has 3 N–H and O–H groups in total. The van der Waals surface area contributed by atoms with Crippen molar-refractivity contribution in [3.63, 3.8) is 0 Å². The predicted octanol–water partition coefficient (Wildman–Crippen LogP) is 3.09. The van der Waals surface area contributed by atoms with Crippen LogP contribution >= 0.6 is 11.3 Å². The molecule has 26 heavy (non-hydrogen) atoms. The summed E-state index contributed by atoms with van der Waals surface area (Å²) in [6.07, 6.45) is 5.45.